The molecule has 1 N–H and O–H groups in total. The quantitative estimate of drug-likeness (QED) is 0.331. The number of ether oxygens (including phenoxy) is 1. The average molecular weight is 443 g/mol. The van der Waals surface area contributed by atoms with E-state index in [0.29, 0.717) is 35.1 Å². The monoisotopic (exact) mass is 442 g/mol. The smallest absolute Gasteiger partial charge is 0.322 e. The average Bonchev–Trinajstić information content (AvgIpc) is 2.64. The summed E-state index contributed by atoms with van der Waals surface area (Å²) in [5.41, 5.74) is 1.27. The summed E-state index contributed by atoms with van der Waals surface area (Å²) in [5.74, 6) is 0.132. The largest absolute Gasteiger partial charge is 0.490 e. The predicted octanol–water partition coefficient (Wildman–Crippen LogP) is 4.30. The number of anilines is 1. The third-order valence-electron chi connectivity index (χ3n) is 4.39. The van der Waals surface area contributed by atoms with Crippen molar-refractivity contribution in [3.63, 3.8) is 0 Å². The lowest BCUT2D eigenvalue weighted by Gasteiger charge is -2.22. The molecule has 0 fully saturated rings. The van der Waals surface area contributed by atoms with Gasteiger partial charge < -0.3 is 9.64 Å². The molecule has 2 aromatic carbocycles. The van der Waals surface area contributed by atoms with Crippen LogP contribution in [0.1, 0.15) is 6.42 Å². The Morgan fingerprint density at radius 2 is 1.79 bits per heavy atom. The number of hydrogen-bond acceptors (Lipinski definition) is 7. The highest BCUT2D eigenvalue weighted by Gasteiger charge is 2.26. The molecular weight excluding hydrogens is 419 g/mol. The Bertz CT molecular complexity index is 1000. The van der Waals surface area contributed by atoms with Gasteiger partial charge in [-0.2, -0.15) is 0 Å². The van der Waals surface area contributed by atoms with Gasteiger partial charge in [0.05, 0.1) is 28.8 Å². The highest BCUT2D eigenvalue weighted by Crippen LogP contribution is 2.43. The summed E-state index contributed by atoms with van der Waals surface area (Å²) in [6.45, 7) is 1.11. The van der Waals surface area contributed by atoms with Crippen molar-refractivity contribution in [2.24, 2.45) is 0 Å². The van der Waals surface area contributed by atoms with E-state index in [-0.39, 0.29) is 41.6 Å². The number of nitrogens with zero attached hydrogens (tertiary/aromatic N) is 4. The molecule has 0 atom stereocenters. The van der Waals surface area contributed by atoms with Crippen molar-refractivity contribution in [1.29, 1.82) is 0 Å². The number of aromatic nitrogens is 1. The van der Waals surface area contributed by atoms with Gasteiger partial charge in [0.2, 0.25) is 0 Å². The van der Waals surface area contributed by atoms with E-state index >= 15 is 0 Å². The molecule has 29 heavy (non-hydrogen) atoms. The maximum atomic E-state index is 11.8. The first-order valence-electron chi connectivity index (χ1n) is 8.59. The maximum absolute atomic E-state index is 11.8. The van der Waals surface area contributed by atoms with Gasteiger partial charge in [0.15, 0.2) is 5.75 Å². The summed E-state index contributed by atoms with van der Waals surface area (Å²) < 4.78 is 5.20. The van der Waals surface area contributed by atoms with Crippen molar-refractivity contribution >= 4 is 58.0 Å². The van der Waals surface area contributed by atoms with Gasteiger partial charge in [-0.05, 0) is 45.3 Å². The standard InChI is InChI=1S/C19H22N4O4.2ClH/c1-21(2)11-6-12-22(24)18-13-7-4-5-8-14(13)20-15-9-10-16(27-3)19(17(15)18)23(25)26;;/h4-5,7-10,24H,6,11-12H2,1-3H3;2*1H. The van der Waals surface area contributed by atoms with E-state index in [1.165, 1.54) is 13.2 Å². The second kappa shape index (κ2) is 10.4. The molecule has 8 nitrogen and oxygen atoms in total. The molecule has 0 spiro atoms. The third-order valence-corrected chi connectivity index (χ3v) is 4.39. The molecule has 1 heterocycles. The van der Waals surface area contributed by atoms with Gasteiger partial charge in [0.25, 0.3) is 0 Å². The van der Waals surface area contributed by atoms with E-state index in [1.54, 1.807) is 12.1 Å². The van der Waals surface area contributed by atoms with Crippen molar-refractivity contribution in [3.8, 4) is 5.75 Å². The predicted molar refractivity (Wildman–Crippen MR) is 119 cm³/mol. The minimum atomic E-state index is -0.491. The highest BCUT2D eigenvalue weighted by atomic mass is 35.5. The van der Waals surface area contributed by atoms with Crippen molar-refractivity contribution in [3.05, 3.63) is 46.5 Å². The molecule has 0 radical (unpaired) electrons. The Morgan fingerprint density at radius 3 is 2.41 bits per heavy atom. The van der Waals surface area contributed by atoms with E-state index in [2.05, 4.69) is 4.98 Å². The van der Waals surface area contributed by atoms with Crippen LogP contribution in [0, 0.1) is 10.1 Å². The van der Waals surface area contributed by atoms with Crippen LogP contribution in [0.25, 0.3) is 21.8 Å². The number of hydroxylamine groups is 1. The molecule has 10 heteroatoms. The van der Waals surface area contributed by atoms with Crippen molar-refractivity contribution in [1.82, 2.24) is 9.88 Å². The fourth-order valence-electron chi connectivity index (χ4n) is 3.19. The Labute approximate surface area is 181 Å². The molecular formula is C19H24Cl2N4O4. The Hall–Kier alpha value is -2.39. The summed E-state index contributed by atoms with van der Waals surface area (Å²) in [6.07, 6.45) is 0.694. The molecule has 158 valence electrons. The van der Waals surface area contributed by atoms with E-state index in [4.69, 9.17) is 4.74 Å². The minimum Gasteiger partial charge on any atom is -0.490 e. The van der Waals surface area contributed by atoms with Crippen LogP contribution in [-0.2, 0) is 0 Å². The van der Waals surface area contributed by atoms with Gasteiger partial charge in [0.1, 0.15) is 5.39 Å². The van der Waals surface area contributed by atoms with Crippen LogP contribution in [0.3, 0.4) is 0 Å². The zero-order valence-electron chi connectivity index (χ0n) is 16.4. The first kappa shape index (κ1) is 24.6. The van der Waals surface area contributed by atoms with Gasteiger partial charge >= 0.3 is 5.69 Å². The van der Waals surface area contributed by atoms with Gasteiger partial charge in [-0.25, -0.2) is 4.98 Å². The van der Waals surface area contributed by atoms with Crippen molar-refractivity contribution in [2.45, 2.75) is 6.42 Å². The second-order valence-electron chi connectivity index (χ2n) is 6.53. The number of pyridine rings is 1. The molecule has 0 bridgehead atoms. The SMILES string of the molecule is COc1ccc2nc3ccccc3c(N(O)CCCN(C)C)c2c1[N+](=O)[O-].Cl.Cl. The second-order valence-corrected chi connectivity index (χ2v) is 6.53. The minimum absolute atomic E-state index is 0. The number of halogens is 2. The topological polar surface area (TPSA) is 92.0 Å². The van der Waals surface area contributed by atoms with Crippen molar-refractivity contribution in [2.75, 3.05) is 39.4 Å². The summed E-state index contributed by atoms with van der Waals surface area (Å²) >= 11 is 0. The number of benzene rings is 2. The normalized spacial score (nSPS) is 10.5. The van der Waals surface area contributed by atoms with Gasteiger partial charge in [-0.1, -0.05) is 18.2 Å². The van der Waals surface area contributed by atoms with E-state index < -0.39 is 4.92 Å². The van der Waals surface area contributed by atoms with E-state index in [9.17, 15) is 15.3 Å². The molecule has 3 aromatic rings. The number of hydrogen-bond donors (Lipinski definition) is 1. The van der Waals surface area contributed by atoms with Crippen LogP contribution in [0.4, 0.5) is 11.4 Å². The van der Waals surface area contributed by atoms with Gasteiger partial charge in [-0.3, -0.25) is 20.4 Å². The molecule has 3 rings (SSSR count). The van der Waals surface area contributed by atoms with Gasteiger partial charge in [-0.15, -0.1) is 24.8 Å². The van der Waals surface area contributed by atoms with E-state index in [0.717, 1.165) is 11.6 Å². The molecule has 0 unspecified atom stereocenters. The molecule has 0 aliphatic rings. The molecule has 1 aromatic heterocycles. The molecule has 0 saturated carbocycles. The number of methoxy groups -OCH3 is 1. The van der Waals surface area contributed by atoms with Gasteiger partial charge in [0, 0.05) is 11.9 Å². The summed E-state index contributed by atoms with van der Waals surface area (Å²) in [4.78, 5) is 17.9. The zero-order valence-corrected chi connectivity index (χ0v) is 18.0. The van der Waals surface area contributed by atoms with Crippen molar-refractivity contribution < 1.29 is 14.9 Å². The fraction of sp³-hybridized carbons (Fsp3) is 0.316. The Balaban J connectivity index is 0.00000210. The first-order valence-corrected chi connectivity index (χ1v) is 8.59. The maximum Gasteiger partial charge on any atom is 0.322 e. The third kappa shape index (κ3) is 4.97. The van der Waals surface area contributed by atoms with Crippen LogP contribution in [0.15, 0.2) is 36.4 Å². The molecule has 0 amide bonds. The van der Waals surface area contributed by atoms with Crippen LogP contribution < -0.4 is 9.80 Å². The zero-order chi connectivity index (χ0) is 19.6. The fourth-order valence-corrected chi connectivity index (χ4v) is 3.19. The summed E-state index contributed by atoms with van der Waals surface area (Å²) in [7, 11) is 5.29. The van der Waals surface area contributed by atoms with Crippen LogP contribution >= 0.6 is 24.8 Å². The lowest BCUT2D eigenvalue weighted by Crippen LogP contribution is -2.24. The van der Waals surface area contributed by atoms with Crippen LogP contribution in [-0.4, -0.2) is 54.3 Å². The number of rotatable bonds is 7. The van der Waals surface area contributed by atoms with Crippen LogP contribution in [0.2, 0.25) is 0 Å². The molecule has 0 aliphatic carbocycles. The number of para-hydroxylation sites is 1. The first-order chi connectivity index (χ1) is 12.9. The van der Waals surface area contributed by atoms with E-state index in [1.807, 2.05) is 37.2 Å². The van der Waals surface area contributed by atoms with Crippen LogP contribution in [0.5, 0.6) is 5.75 Å². The number of nitro groups is 1. The highest BCUT2D eigenvalue weighted by molar-refractivity contribution is 6.12. The summed E-state index contributed by atoms with van der Waals surface area (Å²) in [5, 5.41) is 24.6. The Kier molecular flexibility index (Phi) is 8.84. The number of fused-ring (bicyclic) bond motifs is 2. The molecule has 0 saturated heterocycles. The Morgan fingerprint density at radius 1 is 1.10 bits per heavy atom. The summed E-state index contributed by atoms with van der Waals surface area (Å²) in [6, 6.07) is 10.5. The lowest BCUT2D eigenvalue weighted by molar-refractivity contribution is -0.383. The number of nitro benzene ring substituents is 1. The lowest BCUT2D eigenvalue weighted by atomic mass is 10.0. The molecule has 0 aliphatic heterocycles.